The highest BCUT2D eigenvalue weighted by atomic mass is 35.5. The molecule has 1 aliphatic carbocycles. The summed E-state index contributed by atoms with van der Waals surface area (Å²) in [5, 5.41) is 12.2. The van der Waals surface area contributed by atoms with Gasteiger partial charge in [0.2, 0.25) is 0 Å². The number of carbonyl (C=O) groups is 1. The van der Waals surface area contributed by atoms with E-state index in [9.17, 15) is 9.90 Å². The van der Waals surface area contributed by atoms with Gasteiger partial charge >= 0.3 is 0 Å². The average molecular weight is 417 g/mol. The molecular weight excluding hydrogens is 391 g/mol. The number of benzene rings is 2. The summed E-state index contributed by atoms with van der Waals surface area (Å²) in [6, 6.07) is 11.2. The molecule has 1 atom stereocenters. The van der Waals surface area contributed by atoms with Crippen LogP contribution in [0.1, 0.15) is 45.7 Å². The summed E-state index contributed by atoms with van der Waals surface area (Å²) in [7, 11) is 0. The fourth-order valence-corrected chi connectivity index (χ4v) is 4.61. The summed E-state index contributed by atoms with van der Waals surface area (Å²) in [4.78, 5) is 13.4. The summed E-state index contributed by atoms with van der Waals surface area (Å²) < 4.78 is 0. The molecule has 4 heteroatoms. The molecule has 0 bridgehead atoms. The SMILES string of the molecule is Cc1ccc(-c2ccc(Cl)cc2Cl)cc1C1=C(O)C(C)(C)C(C)C(C)(C)C1=O. The number of allylic oxidation sites excluding steroid dienone is 2. The molecule has 0 saturated carbocycles. The maximum absolute atomic E-state index is 13.4. The first-order chi connectivity index (χ1) is 12.9. The predicted octanol–water partition coefficient (Wildman–Crippen LogP) is 7.51. The Morgan fingerprint density at radius 3 is 2.18 bits per heavy atom. The third-order valence-corrected chi connectivity index (χ3v) is 7.12. The molecule has 3 rings (SSSR count). The van der Waals surface area contributed by atoms with Crippen LogP contribution in [0.3, 0.4) is 0 Å². The van der Waals surface area contributed by atoms with Crippen molar-refractivity contribution in [2.45, 2.75) is 41.5 Å². The fraction of sp³-hybridized carbons (Fsp3) is 0.375. The van der Waals surface area contributed by atoms with Gasteiger partial charge in [-0.2, -0.15) is 0 Å². The zero-order valence-electron chi connectivity index (χ0n) is 17.2. The minimum Gasteiger partial charge on any atom is -0.511 e. The van der Waals surface area contributed by atoms with Crippen LogP contribution in [-0.2, 0) is 4.79 Å². The standard InChI is InChI=1S/C24H26Cl2O2/c1-13-7-8-15(17-10-9-16(25)12-19(17)26)11-18(13)20-21(27)23(3,4)14(2)24(5,6)22(20)28/h7-12,14,27H,1-6H3. The molecule has 1 aliphatic rings. The van der Waals surface area contributed by atoms with Crippen molar-refractivity contribution in [2.24, 2.45) is 16.7 Å². The van der Waals surface area contributed by atoms with Crippen molar-refractivity contribution in [2.75, 3.05) is 0 Å². The van der Waals surface area contributed by atoms with Crippen molar-refractivity contribution in [1.29, 1.82) is 0 Å². The van der Waals surface area contributed by atoms with Crippen LogP contribution in [0.25, 0.3) is 16.7 Å². The monoisotopic (exact) mass is 416 g/mol. The molecular formula is C24H26Cl2O2. The highest BCUT2D eigenvalue weighted by molar-refractivity contribution is 6.36. The summed E-state index contributed by atoms with van der Waals surface area (Å²) >= 11 is 12.4. The molecule has 2 aromatic carbocycles. The third kappa shape index (κ3) is 3.17. The van der Waals surface area contributed by atoms with Crippen LogP contribution < -0.4 is 0 Å². The molecule has 1 N–H and O–H groups in total. The van der Waals surface area contributed by atoms with E-state index in [2.05, 4.69) is 0 Å². The summed E-state index contributed by atoms with van der Waals surface area (Å²) in [5.74, 6) is 0.136. The second-order valence-electron chi connectivity index (χ2n) is 8.87. The first kappa shape index (κ1) is 21.0. The van der Waals surface area contributed by atoms with Crippen molar-refractivity contribution < 1.29 is 9.90 Å². The molecule has 0 fully saturated rings. The largest absolute Gasteiger partial charge is 0.511 e. The number of aliphatic hydroxyl groups excluding tert-OH is 1. The first-order valence-electron chi connectivity index (χ1n) is 9.44. The Bertz CT molecular complexity index is 1000. The van der Waals surface area contributed by atoms with Crippen LogP contribution in [0.2, 0.25) is 10.0 Å². The van der Waals surface area contributed by atoms with Gasteiger partial charge in [-0.3, -0.25) is 4.79 Å². The van der Waals surface area contributed by atoms with Gasteiger partial charge in [-0.1, -0.05) is 76.0 Å². The minimum absolute atomic E-state index is 0.00504. The number of carbonyl (C=O) groups excluding carboxylic acids is 1. The molecule has 0 radical (unpaired) electrons. The van der Waals surface area contributed by atoms with E-state index in [-0.39, 0.29) is 17.5 Å². The maximum Gasteiger partial charge on any atom is 0.172 e. The average Bonchev–Trinajstić information content (AvgIpc) is 2.61. The van der Waals surface area contributed by atoms with E-state index >= 15 is 0 Å². The number of Topliss-reactive ketones (excluding diaryl/α,β-unsaturated/α-hetero) is 1. The second kappa shape index (κ2) is 6.93. The molecule has 0 spiro atoms. The molecule has 148 valence electrons. The quantitative estimate of drug-likeness (QED) is 0.549. The van der Waals surface area contributed by atoms with Crippen molar-refractivity contribution in [3.05, 3.63) is 63.3 Å². The van der Waals surface area contributed by atoms with Gasteiger partial charge in [0, 0.05) is 26.4 Å². The van der Waals surface area contributed by atoms with Crippen molar-refractivity contribution in [3.63, 3.8) is 0 Å². The van der Waals surface area contributed by atoms with Gasteiger partial charge in [0.1, 0.15) is 5.76 Å². The Kier molecular flexibility index (Phi) is 5.19. The zero-order chi connectivity index (χ0) is 21.0. The van der Waals surface area contributed by atoms with E-state index in [4.69, 9.17) is 23.2 Å². The number of aryl methyl sites for hydroxylation is 1. The van der Waals surface area contributed by atoms with Gasteiger partial charge in [-0.25, -0.2) is 0 Å². The van der Waals surface area contributed by atoms with E-state index in [1.54, 1.807) is 12.1 Å². The Balaban J connectivity index is 2.26. The van der Waals surface area contributed by atoms with Crippen molar-refractivity contribution >= 4 is 34.6 Å². The Morgan fingerprint density at radius 1 is 0.929 bits per heavy atom. The van der Waals surface area contributed by atoms with Crippen LogP contribution >= 0.6 is 23.2 Å². The lowest BCUT2D eigenvalue weighted by atomic mass is 9.57. The topological polar surface area (TPSA) is 37.3 Å². The Labute approximate surface area is 177 Å². The number of hydrogen-bond acceptors (Lipinski definition) is 2. The molecule has 0 aliphatic heterocycles. The predicted molar refractivity (Wildman–Crippen MR) is 118 cm³/mol. The van der Waals surface area contributed by atoms with Crippen LogP contribution in [0, 0.1) is 23.7 Å². The second-order valence-corrected chi connectivity index (χ2v) is 9.72. The maximum atomic E-state index is 13.4. The van der Waals surface area contributed by atoms with Crippen LogP contribution in [0.5, 0.6) is 0 Å². The van der Waals surface area contributed by atoms with Crippen LogP contribution in [-0.4, -0.2) is 10.9 Å². The number of halogens is 2. The zero-order valence-corrected chi connectivity index (χ0v) is 18.7. The lowest BCUT2D eigenvalue weighted by molar-refractivity contribution is -0.127. The van der Waals surface area contributed by atoms with E-state index in [0.29, 0.717) is 15.6 Å². The molecule has 1 unspecified atom stereocenters. The number of aliphatic hydroxyl groups is 1. The molecule has 0 amide bonds. The van der Waals surface area contributed by atoms with E-state index in [0.717, 1.165) is 22.3 Å². The van der Waals surface area contributed by atoms with Gasteiger partial charge in [-0.15, -0.1) is 0 Å². The van der Waals surface area contributed by atoms with Gasteiger partial charge in [0.05, 0.1) is 5.57 Å². The third-order valence-electron chi connectivity index (χ3n) is 6.57. The summed E-state index contributed by atoms with van der Waals surface area (Å²) in [5.41, 5.74) is 2.73. The number of hydrogen-bond donors (Lipinski definition) is 1. The summed E-state index contributed by atoms with van der Waals surface area (Å²) in [6.45, 7) is 11.9. The molecule has 2 aromatic rings. The van der Waals surface area contributed by atoms with Crippen molar-refractivity contribution in [1.82, 2.24) is 0 Å². The number of rotatable bonds is 2. The molecule has 0 saturated heterocycles. The highest BCUT2D eigenvalue weighted by Crippen LogP contribution is 2.53. The minimum atomic E-state index is -0.578. The number of ketones is 1. The Morgan fingerprint density at radius 2 is 1.57 bits per heavy atom. The molecule has 2 nitrogen and oxygen atoms in total. The van der Waals surface area contributed by atoms with E-state index in [1.807, 2.05) is 65.8 Å². The van der Waals surface area contributed by atoms with E-state index < -0.39 is 10.8 Å². The summed E-state index contributed by atoms with van der Waals surface area (Å²) in [6.07, 6.45) is 0. The van der Waals surface area contributed by atoms with Gasteiger partial charge < -0.3 is 5.11 Å². The van der Waals surface area contributed by atoms with Crippen molar-refractivity contribution in [3.8, 4) is 11.1 Å². The lowest BCUT2D eigenvalue weighted by Gasteiger charge is -2.46. The van der Waals surface area contributed by atoms with E-state index in [1.165, 1.54) is 0 Å². The van der Waals surface area contributed by atoms with Crippen LogP contribution in [0.4, 0.5) is 0 Å². The first-order valence-corrected chi connectivity index (χ1v) is 10.2. The molecule has 0 aromatic heterocycles. The van der Waals surface area contributed by atoms with Gasteiger partial charge in [0.15, 0.2) is 5.78 Å². The van der Waals surface area contributed by atoms with Crippen LogP contribution in [0.15, 0.2) is 42.2 Å². The Hall–Kier alpha value is -1.77. The fourth-order valence-electron chi connectivity index (χ4n) is 4.09. The highest BCUT2D eigenvalue weighted by Gasteiger charge is 2.51. The molecule has 28 heavy (non-hydrogen) atoms. The normalized spacial score (nSPS) is 21.1. The molecule has 0 heterocycles. The lowest BCUT2D eigenvalue weighted by Crippen LogP contribution is -2.46. The smallest absolute Gasteiger partial charge is 0.172 e. The van der Waals surface area contributed by atoms with Gasteiger partial charge in [0.25, 0.3) is 0 Å². The van der Waals surface area contributed by atoms with Gasteiger partial charge in [-0.05, 0) is 47.7 Å².